The molecule has 0 atom stereocenters. The summed E-state index contributed by atoms with van der Waals surface area (Å²) in [6.45, 7) is 4.01. The quantitative estimate of drug-likeness (QED) is 0.741. The smallest absolute Gasteiger partial charge is 0.0499 e. The van der Waals surface area contributed by atoms with E-state index in [4.69, 9.17) is 11.6 Å². The van der Waals surface area contributed by atoms with Crippen molar-refractivity contribution in [3.8, 4) is 0 Å². The Labute approximate surface area is 109 Å². The molecule has 0 saturated carbocycles. The molecule has 0 N–H and O–H groups in total. The first-order chi connectivity index (χ1) is 7.61. The van der Waals surface area contributed by atoms with Gasteiger partial charge in [0.25, 0.3) is 0 Å². The molecule has 16 heavy (non-hydrogen) atoms. The van der Waals surface area contributed by atoms with Gasteiger partial charge in [-0.05, 0) is 34.1 Å². The Morgan fingerprint density at radius 1 is 1.25 bits per heavy atom. The number of hydrogen-bond acceptors (Lipinski definition) is 1. The van der Waals surface area contributed by atoms with Gasteiger partial charge in [0.1, 0.15) is 0 Å². The van der Waals surface area contributed by atoms with Crippen LogP contribution in [0.2, 0.25) is 5.02 Å². The molecule has 0 radical (unpaired) electrons. The zero-order valence-corrected chi connectivity index (χ0v) is 11.2. The van der Waals surface area contributed by atoms with E-state index in [9.17, 15) is 0 Å². The number of benzene rings is 1. The first kappa shape index (κ1) is 11.5. The van der Waals surface area contributed by atoms with E-state index in [1.807, 2.05) is 48.4 Å². The van der Waals surface area contributed by atoms with Crippen LogP contribution < -0.4 is 0 Å². The Hall–Kier alpha value is -0.990. The van der Waals surface area contributed by atoms with Crippen LogP contribution in [0.15, 0.2) is 53.2 Å². The summed E-state index contributed by atoms with van der Waals surface area (Å²) in [5, 5.41) is 0.750. The van der Waals surface area contributed by atoms with Gasteiger partial charge in [-0.3, -0.25) is 0 Å². The van der Waals surface area contributed by atoms with Gasteiger partial charge < -0.3 is 4.90 Å². The molecule has 0 amide bonds. The van der Waals surface area contributed by atoms with Crippen LogP contribution in [-0.2, 0) is 0 Å². The van der Waals surface area contributed by atoms with Crippen molar-refractivity contribution in [1.29, 1.82) is 0 Å². The van der Waals surface area contributed by atoms with E-state index in [0.717, 1.165) is 26.5 Å². The maximum Gasteiger partial charge on any atom is 0.0499 e. The van der Waals surface area contributed by atoms with E-state index >= 15 is 0 Å². The van der Waals surface area contributed by atoms with Gasteiger partial charge in [-0.25, -0.2) is 0 Å². The van der Waals surface area contributed by atoms with Gasteiger partial charge in [-0.15, -0.1) is 0 Å². The topological polar surface area (TPSA) is 3.24 Å². The summed E-state index contributed by atoms with van der Waals surface area (Å²) in [7, 11) is 1.98. The maximum atomic E-state index is 6.18. The molecule has 1 heterocycles. The molecule has 1 aromatic carbocycles. The molecule has 0 aromatic heterocycles. The molecule has 0 fully saturated rings. The van der Waals surface area contributed by atoms with E-state index in [0.29, 0.717) is 0 Å². The summed E-state index contributed by atoms with van der Waals surface area (Å²) < 4.78 is 0.991. The number of likely N-dealkylation sites (N-methyl/N-ethyl adjacent to an activating group) is 1. The van der Waals surface area contributed by atoms with Crippen LogP contribution in [0.3, 0.4) is 0 Å². The molecule has 0 bridgehead atoms. The van der Waals surface area contributed by atoms with E-state index in [2.05, 4.69) is 22.5 Å². The van der Waals surface area contributed by atoms with Crippen LogP contribution in [-0.4, -0.2) is 11.9 Å². The third-order valence-corrected chi connectivity index (χ3v) is 3.63. The van der Waals surface area contributed by atoms with Crippen LogP contribution in [0.4, 0.5) is 0 Å². The lowest BCUT2D eigenvalue weighted by Gasteiger charge is -2.28. The summed E-state index contributed by atoms with van der Waals surface area (Å²) in [5.74, 6) is 0. The fourth-order valence-electron chi connectivity index (χ4n) is 1.61. The number of hydrogen-bond donors (Lipinski definition) is 0. The molecule has 0 unspecified atom stereocenters. The molecular formula is C13H11BrClN. The van der Waals surface area contributed by atoms with Gasteiger partial charge in [-0.2, -0.15) is 0 Å². The molecule has 1 aromatic rings. The summed E-state index contributed by atoms with van der Waals surface area (Å²) in [6, 6.07) is 7.80. The SMILES string of the molecule is C=C1C(Br)=CC=C(c2ccccc2Cl)N1C. The lowest BCUT2D eigenvalue weighted by Crippen LogP contribution is -2.18. The number of nitrogens with zero attached hydrogens (tertiary/aromatic N) is 1. The number of allylic oxidation sites excluding steroid dienone is 3. The average molecular weight is 297 g/mol. The number of rotatable bonds is 1. The van der Waals surface area contributed by atoms with Crippen molar-refractivity contribution >= 4 is 33.2 Å². The van der Waals surface area contributed by atoms with E-state index in [1.165, 1.54) is 0 Å². The zero-order chi connectivity index (χ0) is 11.7. The second-order valence-electron chi connectivity index (χ2n) is 3.55. The minimum atomic E-state index is 0.750. The first-order valence-electron chi connectivity index (χ1n) is 4.86. The van der Waals surface area contributed by atoms with E-state index in [1.54, 1.807) is 0 Å². The highest BCUT2D eigenvalue weighted by molar-refractivity contribution is 9.12. The summed E-state index contributed by atoms with van der Waals surface area (Å²) in [6.07, 6.45) is 4.01. The second kappa shape index (κ2) is 4.48. The second-order valence-corrected chi connectivity index (χ2v) is 4.81. The fourth-order valence-corrected chi connectivity index (χ4v) is 2.24. The first-order valence-corrected chi connectivity index (χ1v) is 6.03. The van der Waals surface area contributed by atoms with Gasteiger partial charge in [0.2, 0.25) is 0 Å². The normalized spacial score (nSPS) is 15.9. The van der Waals surface area contributed by atoms with Crippen molar-refractivity contribution in [2.45, 2.75) is 0 Å². The van der Waals surface area contributed by atoms with Crippen molar-refractivity contribution in [3.05, 3.63) is 63.8 Å². The molecular weight excluding hydrogens is 286 g/mol. The highest BCUT2D eigenvalue weighted by atomic mass is 79.9. The molecule has 0 spiro atoms. The van der Waals surface area contributed by atoms with Crippen LogP contribution in [0, 0.1) is 0 Å². The largest absolute Gasteiger partial charge is 0.344 e. The molecule has 1 nitrogen and oxygen atoms in total. The van der Waals surface area contributed by atoms with Crippen molar-refractivity contribution in [1.82, 2.24) is 4.90 Å². The lowest BCUT2D eigenvalue weighted by atomic mass is 10.1. The van der Waals surface area contributed by atoms with Crippen LogP contribution >= 0.6 is 27.5 Å². The Bertz CT molecular complexity index is 502. The standard InChI is InChI=1S/C13H11BrClN/c1-9-11(14)7-8-13(16(9)2)10-5-3-4-6-12(10)15/h3-8H,1H2,2H3. The van der Waals surface area contributed by atoms with Crippen molar-refractivity contribution < 1.29 is 0 Å². The predicted molar refractivity (Wildman–Crippen MR) is 73.3 cm³/mol. The average Bonchev–Trinajstić information content (AvgIpc) is 2.28. The van der Waals surface area contributed by atoms with Gasteiger partial charge in [-0.1, -0.05) is 36.4 Å². The minimum Gasteiger partial charge on any atom is -0.344 e. The Kier molecular flexibility index (Phi) is 3.22. The minimum absolute atomic E-state index is 0.750. The summed E-state index contributed by atoms with van der Waals surface area (Å²) in [5.41, 5.74) is 3.00. The van der Waals surface area contributed by atoms with Gasteiger partial charge >= 0.3 is 0 Å². The molecule has 2 rings (SSSR count). The van der Waals surface area contributed by atoms with Gasteiger partial charge in [0.15, 0.2) is 0 Å². The van der Waals surface area contributed by atoms with Crippen LogP contribution in [0.25, 0.3) is 5.70 Å². The zero-order valence-electron chi connectivity index (χ0n) is 8.87. The monoisotopic (exact) mass is 295 g/mol. The Balaban J connectivity index is 2.50. The van der Waals surface area contributed by atoms with Gasteiger partial charge in [0.05, 0.1) is 0 Å². The van der Waals surface area contributed by atoms with Crippen molar-refractivity contribution in [3.63, 3.8) is 0 Å². The van der Waals surface area contributed by atoms with E-state index < -0.39 is 0 Å². The van der Waals surface area contributed by atoms with E-state index in [-0.39, 0.29) is 0 Å². The highest BCUT2D eigenvalue weighted by Crippen LogP contribution is 2.34. The predicted octanol–water partition coefficient (Wildman–Crippen LogP) is 4.42. The molecule has 0 aliphatic carbocycles. The molecule has 3 heteroatoms. The van der Waals surface area contributed by atoms with Crippen LogP contribution in [0.5, 0.6) is 0 Å². The Morgan fingerprint density at radius 2 is 1.94 bits per heavy atom. The molecule has 82 valence electrons. The van der Waals surface area contributed by atoms with Crippen molar-refractivity contribution in [2.24, 2.45) is 0 Å². The number of halogens is 2. The van der Waals surface area contributed by atoms with Gasteiger partial charge in [0, 0.05) is 33.5 Å². The third kappa shape index (κ3) is 1.95. The molecule has 0 saturated heterocycles. The molecule has 1 aliphatic rings. The fraction of sp³-hybridized carbons (Fsp3) is 0.0769. The third-order valence-electron chi connectivity index (χ3n) is 2.58. The highest BCUT2D eigenvalue weighted by Gasteiger charge is 2.17. The summed E-state index contributed by atoms with van der Waals surface area (Å²) >= 11 is 9.63. The maximum absolute atomic E-state index is 6.18. The summed E-state index contributed by atoms with van der Waals surface area (Å²) in [4.78, 5) is 2.02. The van der Waals surface area contributed by atoms with Crippen LogP contribution in [0.1, 0.15) is 5.56 Å². The molecule has 1 aliphatic heterocycles. The van der Waals surface area contributed by atoms with Crippen molar-refractivity contribution in [2.75, 3.05) is 7.05 Å². The lowest BCUT2D eigenvalue weighted by molar-refractivity contribution is 0.613. The Morgan fingerprint density at radius 3 is 2.62 bits per heavy atom.